The fourth-order valence-electron chi connectivity index (χ4n) is 9.20. The van der Waals surface area contributed by atoms with Crippen molar-refractivity contribution in [3.05, 3.63) is 191 Å². The number of alkyl halides is 1. The first-order valence-corrected chi connectivity index (χ1v) is 25.7. The summed E-state index contributed by atoms with van der Waals surface area (Å²) in [5.41, 5.74) is 4.62. The first kappa shape index (κ1) is 54.9. The number of ether oxygens (including phenoxy) is 2. The molecule has 4 heterocycles. The molecule has 8 rings (SSSR count). The molecule has 4 unspecified atom stereocenters. The highest BCUT2D eigenvalue weighted by Crippen LogP contribution is 2.34. The summed E-state index contributed by atoms with van der Waals surface area (Å²) < 4.78 is 11.2. The lowest BCUT2D eigenvalue weighted by Gasteiger charge is -2.41. The van der Waals surface area contributed by atoms with Gasteiger partial charge >= 0.3 is 0 Å². The lowest BCUT2D eigenvalue weighted by atomic mass is 9.87. The Morgan fingerprint density at radius 3 is 1.41 bits per heavy atom. The number of hydrogen-bond acceptors (Lipinski definition) is 8. The molecule has 0 amide bonds. The van der Waals surface area contributed by atoms with Crippen LogP contribution >= 0.6 is 51.5 Å². The van der Waals surface area contributed by atoms with Crippen LogP contribution in [0.2, 0.25) is 10.0 Å². The SMILES string of the molecule is BrCCOc1ccccc1.CC(C1CCN(CCOc2ccccc2)CC1)N(C)C(c1ccc(Cl)cc1)c1ccccn1.CC(C1CCNCC1)N(C)C(c1ccc(Cl)cc1)c1ccccn1.Cl. The van der Waals surface area contributed by atoms with Crippen LogP contribution in [0.25, 0.3) is 0 Å². The van der Waals surface area contributed by atoms with Crippen LogP contribution in [-0.2, 0) is 0 Å². The number of nitrogens with zero attached hydrogens (tertiary/aromatic N) is 5. The van der Waals surface area contributed by atoms with E-state index in [1.54, 1.807) is 0 Å². The molecule has 6 aromatic rings. The van der Waals surface area contributed by atoms with Gasteiger partial charge in [0.05, 0.1) is 30.1 Å². The average molecular weight is 1050 g/mol. The number of nitrogens with one attached hydrogen (secondary N) is 1. The number of aromatic nitrogens is 2. The summed E-state index contributed by atoms with van der Waals surface area (Å²) in [5, 5.41) is 5.87. The number of benzene rings is 4. The van der Waals surface area contributed by atoms with Crippen molar-refractivity contribution in [2.24, 2.45) is 11.8 Å². The van der Waals surface area contributed by atoms with E-state index in [1.807, 2.05) is 109 Å². The van der Waals surface area contributed by atoms with Crippen molar-refractivity contribution in [3.8, 4) is 11.5 Å². The molecule has 0 aliphatic carbocycles. The van der Waals surface area contributed by atoms with Crippen LogP contribution in [0.5, 0.6) is 11.5 Å². The molecule has 2 saturated heterocycles. The van der Waals surface area contributed by atoms with Gasteiger partial charge in [0.25, 0.3) is 0 Å². The predicted octanol–water partition coefficient (Wildman–Crippen LogP) is 13.0. The number of para-hydroxylation sites is 2. The fourth-order valence-corrected chi connectivity index (χ4v) is 9.61. The number of hydrogen-bond donors (Lipinski definition) is 1. The molecule has 4 atom stereocenters. The van der Waals surface area contributed by atoms with Crippen molar-refractivity contribution in [2.75, 3.05) is 65.4 Å². The smallest absolute Gasteiger partial charge is 0.119 e. The normalized spacial score (nSPS) is 16.2. The minimum atomic E-state index is 0. The highest BCUT2D eigenvalue weighted by atomic mass is 79.9. The molecule has 1 N–H and O–H groups in total. The number of likely N-dealkylation sites (tertiary alicyclic amines) is 1. The maximum atomic E-state index is 6.17. The maximum Gasteiger partial charge on any atom is 0.119 e. The number of piperidine rings is 2. The van der Waals surface area contributed by atoms with Gasteiger partial charge in [0, 0.05) is 46.4 Å². The highest BCUT2D eigenvalue weighted by Gasteiger charge is 2.32. The van der Waals surface area contributed by atoms with Gasteiger partial charge in [0.15, 0.2) is 0 Å². The topological polar surface area (TPSA) is 66.0 Å². The summed E-state index contributed by atoms with van der Waals surface area (Å²) in [6.45, 7) is 11.6. The third-order valence-electron chi connectivity index (χ3n) is 13.3. The number of pyridine rings is 2. The summed E-state index contributed by atoms with van der Waals surface area (Å²) >= 11 is 15.5. The van der Waals surface area contributed by atoms with Crippen LogP contribution in [-0.4, -0.2) is 102 Å². The Kier molecular flexibility index (Phi) is 24.1. The van der Waals surface area contributed by atoms with E-state index in [0.29, 0.717) is 18.0 Å². The molecule has 0 radical (unpaired) electrons. The lowest BCUT2D eigenvalue weighted by molar-refractivity contribution is 0.0881. The van der Waals surface area contributed by atoms with Gasteiger partial charge in [-0.05, 0) is 176 Å². The molecule has 364 valence electrons. The minimum absolute atomic E-state index is 0. The third kappa shape index (κ3) is 17.1. The van der Waals surface area contributed by atoms with E-state index in [1.165, 1.54) is 36.8 Å². The van der Waals surface area contributed by atoms with Crippen LogP contribution < -0.4 is 14.8 Å². The van der Waals surface area contributed by atoms with Gasteiger partial charge in [0.2, 0.25) is 0 Å². The lowest BCUT2D eigenvalue weighted by Crippen LogP contribution is -2.45. The minimum Gasteiger partial charge on any atom is -0.493 e. The van der Waals surface area contributed by atoms with Gasteiger partial charge < -0.3 is 14.8 Å². The number of halogens is 4. The second-order valence-electron chi connectivity index (χ2n) is 17.5. The van der Waals surface area contributed by atoms with E-state index < -0.39 is 0 Å². The van der Waals surface area contributed by atoms with Crippen LogP contribution in [0.4, 0.5) is 0 Å². The second-order valence-corrected chi connectivity index (χ2v) is 19.2. The van der Waals surface area contributed by atoms with Crippen molar-refractivity contribution < 1.29 is 9.47 Å². The fraction of sp³-hybridized carbons (Fsp3) is 0.393. The molecule has 4 aromatic carbocycles. The Hall–Kier alpha value is -4.03. The van der Waals surface area contributed by atoms with Crippen molar-refractivity contribution in [1.82, 2.24) is 30.0 Å². The molecule has 0 spiro atoms. The van der Waals surface area contributed by atoms with Gasteiger partial charge in [-0.25, -0.2) is 0 Å². The van der Waals surface area contributed by atoms with E-state index in [9.17, 15) is 0 Å². The number of rotatable bonds is 17. The third-order valence-corrected chi connectivity index (χ3v) is 14.1. The van der Waals surface area contributed by atoms with Gasteiger partial charge in [0.1, 0.15) is 18.1 Å². The Morgan fingerprint density at radius 1 is 0.588 bits per heavy atom. The molecular weight excluding hydrogens is 975 g/mol. The Balaban J connectivity index is 0.000000215. The molecule has 0 bridgehead atoms. The summed E-state index contributed by atoms with van der Waals surface area (Å²) in [4.78, 5) is 16.8. The first-order valence-electron chi connectivity index (χ1n) is 23.8. The van der Waals surface area contributed by atoms with E-state index in [4.69, 9.17) is 37.7 Å². The average Bonchev–Trinajstić information content (AvgIpc) is 3.38. The Labute approximate surface area is 431 Å². The highest BCUT2D eigenvalue weighted by molar-refractivity contribution is 9.09. The molecule has 2 fully saturated rings. The first-order chi connectivity index (χ1) is 32.7. The molecule has 0 saturated carbocycles. The van der Waals surface area contributed by atoms with Crippen molar-refractivity contribution in [1.29, 1.82) is 0 Å². The second kappa shape index (κ2) is 29.9. The summed E-state index contributed by atoms with van der Waals surface area (Å²) in [7, 11) is 4.46. The summed E-state index contributed by atoms with van der Waals surface area (Å²) in [6.07, 6.45) is 8.63. The van der Waals surface area contributed by atoms with Crippen molar-refractivity contribution >= 4 is 51.5 Å². The standard InChI is InChI=1S/C28H34ClN3O.C20H26ClN3.C8H9BrO.ClH/c1-22(23-15-18-32(19-16-23)20-21-33-26-8-4-3-5-9-26)31(2)28(27-10-6-7-17-30-27)24-11-13-25(29)14-12-24;1-15(16-10-13-22-14-11-16)24(2)20(19-5-3-4-12-23-19)17-6-8-18(21)9-7-17;9-6-7-10-8-4-2-1-3-5-8;/h3-14,17,22-23,28H,15-16,18-21H2,1-2H3;3-9,12,15-16,20,22H,10-11,13-14H2,1-2H3;1-5H,6-7H2;1H. The largest absolute Gasteiger partial charge is 0.493 e. The molecule has 68 heavy (non-hydrogen) atoms. The van der Waals surface area contributed by atoms with E-state index in [-0.39, 0.29) is 24.5 Å². The maximum absolute atomic E-state index is 6.17. The van der Waals surface area contributed by atoms with E-state index in [2.05, 4.69) is 117 Å². The zero-order valence-electron chi connectivity index (χ0n) is 40.1. The van der Waals surface area contributed by atoms with E-state index >= 15 is 0 Å². The Morgan fingerprint density at radius 2 is 1.00 bits per heavy atom. The van der Waals surface area contributed by atoms with Gasteiger partial charge in [-0.2, -0.15) is 0 Å². The molecule has 2 aliphatic heterocycles. The Bertz CT molecular complexity index is 2220. The van der Waals surface area contributed by atoms with Crippen LogP contribution in [0.15, 0.2) is 158 Å². The van der Waals surface area contributed by atoms with Gasteiger partial charge in [-0.1, -0.05) is 112 Å². The van der Waals surface area contributed by atoms with Crippen LogP contribution in [0.3, 0.4) is 0 Å². The molecule has 8 nitrogen and oxygen atoms in total. The molecule has 2 aromatic heterocycles. The van der Waals surface area contributed by atoms with Gasteiger partial charge in [-0.15, -0.1) is 12.4 Å². The van der Waals surface area contributed by atoms with E-state index in [0.717, 1.165) is 90.1 Å². The summed E-state index contributed by atoms with van der Waals surface area (Å²) in [6, 6.07) is 49.7. The van der Waals surface area contributed by atoms with Crippen molar-refractivity contribution in [2.45, 2.75) is 63.7 Å². The van der Waals surface area contributed by atoms with Gasteiger partial charge in [-0.3, -0.25) is 24.7 Å². The molecular formula is C56H70BrCl3N6O2. The summed E-state index contributed by atoms with van der Waals surface area (Å²) in [5.74, 6) is 3.25. The monoisotopic (exact) mass is 1040 g/mol. The molecule has 12 heteroatoms. The van der Waals surface area contributed by atoms with Crippen LogP contribution in [0, 0.1) is 11.8 Å². The van der Waals surface area contributed by atoms with Crippen molar-refractivity contribution in [3.63, 3.8) is 0 Å². The zero-order chi connectivity index (χ0) is 47.2. The quantitative estimate of drug-likeness (QED) is 0.0907. The molecule has 2 aliphatic rings. The zero-order valence-corrected chi connectivity index (χ0v) is 44.0. The van der Waals surface area contributed by atoms with Crippen LogP contribution in [0.1, 0.15) is 74.1 Å². The predicted molar refractivity (Wildman–Crippen MR) is 289 cm³/mol.